The Kier molecular flexibility index (Phi) is 3.83. The molecule has 23 heavy (non-hydrogen) atoms. The summed E-state index contributed by atoms with van der Waals surface area (Å²) in [5, 5.41) is 4.07. The Balaban J connectivity index is 1.50. The molecule has 2 aliphatic rings. The highest BCUT2D eigenvalue weighted by Gasteiger charge is 2.35. The van der Waals surface area contributed by atoms with Crippen molar-refractivity contribution in [2.45, 2.75) is 31.8 Å². The van der Waals surface area contributed by atoms with Crippen LogP contribution in [0.4, 0.5) is 0 Å². The summed E-state index contributed by atoms with van der Waals surface area (Å²) in [6, 6.07) is 8.07. The molecular weight excluding hydrogens is 292 g/mol. The molecule has 3 heterocycles. The van der Waals surface area contributed by atoms with Crippen LogP contribution in [0.15, 0.2) is 28.7 Å². The van der Waals surface area contributed by atoms with Crippen molar-refractivity contribution < 1.29 is 13.9 Å². The quantitative estimate of drug-likeness (QED) is 0.945. The van der Waals surface area contributed by atoms with E-state index in [-0.39, 0.29) is 18.0 Å². The van der Waals surface area contributed by atoms with Gasteiger partial charge in [0.1, 0.15) is 5.58 Å². The molecule has 0 saturated carbocycles. The second kappa shape index (κ2) is 5.98. The van der Waals surface area contributed by atoms with Gasteiger partial charge in [-0.05, 0) is 44.5 Å². The van der Waals surface area contributed by atoms with Crippen molar-refractivity contribution in [3.63, 3.8) is 0 Å². The van der Waals surface area contributed by atoms with Gasteiger partial charge in [-0.3, -0.25) is 9.69 Å². The smallest absolute Gasteiger partial charge is 0.287 e. The fraction of sp³-hybridized carbons (Fsp3) is 0.500. The number of benzene rings is 1. The van der Waals surface area contributed by atoms with Crippen LogP contribution in [0.1, 0.15) is 29.0 Å². The zero-order chi connectivity index (χ0) is 15.8. The van der Waals surface area contributed by atoms with E-state index in [4.69, 9.17) is 9.15 Å². The van der Waals surface area contributed by atoms with E-state index < -0.39 is 0 Å². The van der Waals surface area contributed by atoms with Crippen molar-refractivity contribution in [2.24, 2.45) is 0 Å². The van der Waals surface area contributed by atoms with Gasteiger partial charge in [0, 0.05) is 5.39 Å². The SMILES string of the molecule is Cc1cccc2cc(C(=O)N[C@H]3COC[C@@H]3N3CCCC3)oc12. The lowest BCUT2D eigenvalue weighted by molar-refractivity contribution is 0.0890. The van der Waals surface area contributed by atoms with Gasteiger partial charge in [0.25, 0.3) is 5.91 Å². The summed E-state index contributed by atoms with van der Waals surface area (Å²) in [7, 11) is 0. The largest absolute Gasteiger partial charge is 0.451 e. The van der Waals surface area contributed by atoms with Crippen molar-refractivity contribution in [1.29, 1.82) is 0 Å². The lowest BCUT2D eigenvalue weighted by Crippen LogP contribution is -2.50. The van der Waals surface area contributed by atoms with Crippen LogP contribution in [-0.2, 0) is 4.74 Å². The second-order valence-electron chi connectivity index (χ2n) is 6.53. The average molecular weight is 314 g/mol. The molecule has 5 nitrogen and oxygen atoms in total. The van der Waals surface area contributed by atoms with Gasteiger partial charge < -0.3 is 14.5 Å². The molecule has 0 aliphatic carbocycles. The number of para-hydroxylation sites is 1. The van der Waals surface area contributed by atoms with Crippen LogP contribution < -0.4 is 5.32 Å². The molecule has 2 atom stereocenters. The third-order valence-corrected chi connectivity index (χ3v) is 4.94. The highest BCUT2D eigenvalue weighted by atomic mass is 16.5. The molecule has 5 heteroatoms. The number of hydrogen-bond acceptors (Lipinski definition) is 4. The fourth-order valence-electron chi connectivity index (χ4n) is 3.67. The topological polar surface area (TPSA) is 54.7 Å². The molecule has 2 aromatic rings. The van der Waals surface area contributed by atoms with E-state index in [1.807, 2.05) is 31.2 Å². The van der Waals surface area contributed by atoms with Crippen molar-refractivity contribution in [1.82, 2.24) is 10.2 Å². The summed E-state index contributed by atoms with van der Waals surface area (Å²) in [6.07, 6.45) is 2.47. The average Bonchev–Trinajstić information content (AvgIpc) is 3.27. The van der Waals surface area contributed by atoms with E-state index in [0.717, 1.165) is 29.6 Å². The number of aryl methyl sites for hydroxylation is 1. The Morgan fingerprint density at radius 1 is 1.26 bits per heavy atom. The van der Waals surface area contributed by atoms with E-state index in [1.54, 1.807) is 0 Å². The van der Waals surface area contributed by atoms with Crippen molar-refractivity contribution >= 4 is 16.9 Å². The summed E-state index contributed by atoms with van der Waals surface area (Å²) in [5.41, 5.74) is 1.83. The molecule has 0 spiro atoms. The number of amides is 1. The van der Waals surface area contributed by atoms with Crippen LogP contribution in [0.5, 0.6) is 0 Å². The van der Waals surface area contributed by atoms with Gasteiger partial charge in [0.15, 0.2) is 5.76 Å². The Morgan fingerprint density at radius 3 is 2.87 bits per heavy atom. The minimum Gasteiger partial charge on any atom is -0.451 e. The predicted molar refractivity (Wildman–Crippen MR) is 87.6 cm³/mol. The fourth-order valence-corrected chi connectivity index (χ4v) is 3.67. The number of rotatable bonds is 3. The van der Waals surface area contributed by atoms with E-state index in [1.165, 1.54) is 12.8 Å². The predicted octanol–water partition coefficient (Wildman–Crippen LogP) is 2.33. The second-order valence-corrected chi connectivity index (χ2v) is 6.53. The molecule has 2 saturated heterocycles. The Hall–Kier alpha value is -1.85. The molecule has 1 aromatic carbocycles. The van der Waals surface area contributed by atoms with Crippen LogP contribution in [-0.4, -0.2) is 49.2 Å². The molecule has 1 aromatic heterocycles. The third kappa shape index (κ3) is 2.75. The molecule has 0 unspecified atom stereocenters. The van der Waals surface area contributed by atoms with Gasteiger partial charge in [0.2, 0.25) is 0 Å². The maximum absolute atomic E-state index is 12.6. The molecule has 4 rings (SSSR count). The van der Waals surface area contributed by atoms with E-state index in [9.17, 15) is 4.79 Å². The molecule has 2 aliphatic heterocycles. The zero-order valence-electron chi connectivity index (χ0n) is 13.4. The first-order valence-corrected chi connectivity index (χ1v) is 8.34. The lowest BCUT2D eigenvalue weighted by Gasteiger charge is -2.27. The van der Waals surface area contributed by atoms with E-state index in [0.29, 0.717) is 19.0 Å². The number of likely N-dealkylation sites (tertiary alicyclic amines) is 1. The van der Waals surface area contributed by atoms with Gasteiger partial charge >= 0.3 is 0 Å². The Morgan fingerprint density at radius 2 is 2.09 bits per heavy atom. The molecule has 1 N–H and O–H groups in total. The van der Waals surface area contributed by atoms with Crippen LogP contribution in [0.2, 0.25) is 0 Å². The monoisotopic (exact) mass is 314 g/mol. The number of fused-ring (bicyclic) bond motifs is 1. The van der Waals surface area contributed by atoms with E-state index in [2.05, 4.69) is 10.2 Å². The number of carbonyl (C=O) groups is 1. The Labute approximate surface area is 135 Å². The highest BCUT2D eigenvalue weighted by Crippen LogP contribution is 2.23. The molecule has 2 fully saturated rings. The first kappa shape index (κ1) is 14.7. The summed E-state index contributed by atoms with van der Waals surface area (Å²) in [6.45, 7) is 5.46. The summed E-state index contributed by atoms with van der Waals surface area (Å²) < 4.78 is 11.4. The van der Waals surface area contributed by atoms with Crippen LogP contribution >= 0.6 is 0 Å². The molecule has 0 bridgehead atoms. The van der Waals surface area contributed by atoms with Crippen LogP contribution in [0.3, 0.4) is 0 Å². The highest BCUT2D eigenvalue weighted by molar-refractivity contribution is 5.96. The summed E-state index contributed by atoms with van der Waals surface area (Å²) in [4.78, 5) is 15.0. The summed E-state index contributed by atoms with van der Waals surface area (Å²) in [5.74, 6) is 0.224. The minimum absolute atomic E-state index is 0.0370. The number of nitrogens with zero attached hydrogens (tertiary/aromatic N) is 1. The zero-order valence-corrected chi connectivity index (χ0v) is 13.4. The van der Waals surface area contributed by atoms with Crippen LogP contribution in [0, 0.1) is 6.92 Å². The van der Waals surface area contributed by atoms with Gasteiger partial charge in [-0.2, -0.15) is 0 Å². The number of ether oxygens (including phenoxy) is 1. The number of carbonyl (C=O) groups excluding carboxylic acids is 1. The Bertz CT molecular complexity index is 718. The molecule has 0 radical (unpaired) electrons. The molecular formula is C18H22N2O3. The maximum atomic E-state index is 12.6. The third-order valence-electron chi connectivity index (χ3n) is 4.94. The summed E-state index contributed by atoms with van der Waals surface area (Å²) >= 11 is 0. The number of furan rings is 1. The van der Waals surface area contributed by atoms with Gasteiger partial charge in [-0.1, -0.05) is 18.2 Å². The van der Waals surface area contributed by atoms with Gasteiger partial charge in [-0.25, -0.2) is 0 Å². The minimum atomic E-state index is -0.153. The first-order valence-electron chi connectivity index (χ1n) is 8.34. The standard InChI is InChI=1S/C18H22N2O3/c1-12-5-4-6-13-9-16(23-17(12)13)18(21)19-14-10-22-11-15(14)20-7-2-3-8-20/h4-6,9,14-15H,2-3,7-8,10-11H2,1H3,(H,19,21)/t14-,15-/m0/s1. The van der Waals surface area contributed by atoms with Crippen molar-refractivity contribution in [3.05, 3.63) is 35.6 Å². The maximum Gasteiger partial charge on any atom is 0.287 e. The van der Waals surface area contributed by atoms with Crippen molar-refractivity contribution in [2.75, 3.05) is 26.3 Å². The first-order chi connectivity index (χ1) is 11.2. The van der Waals surface area contributed by atoms with Crippen molar-refractivity contribution in [3.8, 4) is 0 Å². The van der Waals surface area contributed by atoms with Gasteiger partial charge in [0.05, 0.1) is 25.3 Å². The number of nitrogens with one attached hydrogen (secondary N) is 1. The normalized spacial score (nSPS) is 25.3. The van der Waals surface area contributed by atoms with Crippen LogP contribution in [0.25, 0.3) is 11.0 Å². The van der Waals surface area contributed by atoms with E-state index >= 15 is 0 Å². The molecule has 1 amide bonds. The van der Waals surface area contributed by atoms with Gasteiger partial charge in [-0.15, -0.1) is 0 Å². The molecule has 122 valence electrons. The lowest BCUT2D eigenvalue weighted by atomic mass is 10.1. The number of hydrogen-bond donors (Lipinski definition) is 1.